The normalized spacial score (nSPS) is 10.0. The minimum atomic E-state index is -0.363. The lowest BCUT2D eigenvalue weighted by molar-refractivity contribution is 0.0606. The number of hydrogen-bond acceptors (Lipinski definition) is 5. The van der Waals surface area contributed by atoms with Gasteiger partial charge in [0.05, 0.1) is 13.3 Å². The zero-order valence-corrected chi connectivity index (χ0v) is 11.9. The molecular formula is C11H9IN2O2S. The van der Waals surface area contributed by atoms with Crippen LogP contribution in [0.1, 0.15) is 9.67 Å². The average Bonchev–Trinajstić information content (AvgIpc) is 2.76. The second-order valence-corrected chi connectivity index (χ2v) is 5.43. The van der Waals surface area contributed by atoms with Gasteiger partial charge in [-0.05, 0) is 40.8 Å². The average molecular weight is 360 g/mol. The van der Waals surface area contributed by atoms with Gasteiger partial charge in [-0.3, -0.25) is 0 Å². The smallest absolute Gasteiger partial charge is 0.349 e. The molecule has 2 rings (SSSR count). The van der Waals surface area contributed by atoms with E-state index >= 15 is 0 Å². The molecule has 0 bridgehead atoms. The highest BCUT2D eigenvalue weighted by molar-refractivity contribution is 14.1. The highest BCUT2D eigenvalue weighted by atomic mass is 127. The van der Waals surface area contributed by atoms with E-state index in [0.29, 0.717) is 10.0 Å². The van der Waals surface area contributed by atoms with E-state index in [9.17, 15) is 4.79 Å². The van der Waals surface area contributed by atoms with Crippen molar-refractivity contribution in [3.05, 3.63) is 38.9 Å². The highest BCUT2D eigenvalue weighted by Crippen LogP contribution is 2.23. The van der Waals surface area contributed by atoms with Gasteiger partial charge in [0.15, 0.2) is 5.13 Å². The summed E-state index contributed by atoms with van der Waals surface area (Å²) in [4.78, 5) is 15.9. The summed E-state index contributed by atoms with van der Waals surface area (Å²) in [6.07, 6.45) is 1.51. The van der Waals surface area contributed by atoms with Crippen LogP contribution in [-0.4, -0.2) is 18.1 Å². The van der Waals surface area contributed by atoms with Gasteiger partial charge in [-0.15, -0.1) is 0 Å². The summed E-state index contributed by atoms with van der Waals surface area (Å²) in [5.74, 6) is -0.363. The summed E-state index contributed by atoms with van der Waals surface area (Å²) >= 11 is 3.51. The lowest BCUT2D eigenvalue weighted by atomic mass is 10.3. The van der Waals surface area contributed by atoms with Crippen LogP contribution < -0.4 is 5.32 Å². The number of carbonyl (C=O) groups excluding carboxylic acids is 1. The molecule has 0 unspecified atom stereocenters. The Morgan fingerprint density at radius 2 is 2.35 bits per heavy atom. The number of ether oxygens (including phenoxy) is 1. The number of anilines is 2. The molecule has 2 aromatic rings. The molecule has 0 spiro atoms. The number of carbonyl (C=O) groups is 1. The Labute approximate surface area is 116 Å². The van der Waals surface area contributed by atoms with Crippen molar-refractivity contribution in [3.8, 4) is 0 Å². The number of rotatable bonds is 3. The van der Waals surface area contributed by atoms with Crippen LogP contribution in [0.4, 0.5) is 10.8 Å². The first-order chi connectivity index (χ1) is 8.19. The standard InChI is InChI=1S/C11H9IN2O2S/c1-16-10(15)9-6-13-11(17-9)14-8-4-2-3-7(12)5-8/h2-6H,1H3,(H,13,14). The third kappa shape index (κ3) is 3.16. The van der Waals surface area contributed by atoms with Crippen LogP contribution >= 0.6 is 33.9 Å². The first-order valence-electron chi connectivity index (χ1n) is 4.76. The molecule has 0 amide bonds. The second kappa shape index (κ2) is 5.46. The molecule has 0 aliphatic heterocycles. The number of aromatic nitrogens is 1. The number of nitrogens with zero attached hydrogens (tertiary/aromatic N) is 1. The van der Waals surface area contributed by atoms with E-state index in [1.54, 1.807) is 0 Å². The lowest BCUT2D eigenvalue weighted by Gasteiger charge is -2.01. The monoisotopic (exact) mass is 360 g/mol. The van der Waals surface area contributed by atoms with E-state index in [-0.39, 0.29) is 5.97 Å². The number of methoxy groups -OCH3 is 1. The minimum absolute atomic E-state index is 0.363. The van der Waals surface area contributed by atoms with Crippen LogP contribution in [0.5, 0.6) is 0 Å². The Morgan fingerprint density at radius 1 is 1.53 bits per heavy atom. The maximum Gasteiger partial charge on any atom is 0.349 e. The van der Waals surface area contributed by atoms with Crippen molar-refractivity contribution in [2.75, 3.05) is 12.4 Å². The van der Waals surface area contributed by atoms with Crippen molar-refractivity contribution in [1.82, 2.24) is 4.98 Å². The van der Waals surface area contributed by atoms with Gasteiger partial charge in [0.2, 0.25) is 0 Å². The van der Waals surface area contributed by atoms with E-state index in [1.165, 1.54) is 24.6 Å². The zero-order valence-electron chi connectivity index (χ0n) is 8.94. The van der Waals surface area contributed by atoms with Crippen LogP contribution in [0.3, 0.4) is 0 Å². The van der Waals surface area contributed by atoms with Gasteiger partial charge in [-0.25, -0.2) is 9.78 Å². The summed E-state index contributed by atoms with van der Waals surface area (Å²) in [5.41, 5.74) is 0.947. The molecule has 0 fully saturated rings. The van der Waals surface area contributed by atoms with Gasteiger partial charge in [0.1, 0.15) is 4.88 Å². The summed E-state index contributed by atoms with van der Waals surface area (Å²) in [7, 11) is 1.36. The molecule has 0 aliphatic carbocycles. The number of nitrogens with one attached hydrogen (secondary N) is 1. The molecule has 4 nitrogen and oxygen atoms in total. The van der Waals surface area contributed by atoms with Crippen LogP contribution in [0.15, 0.2) is 30.5 Å². The molecule has 1 aromatic carbocycles. The maximum atomic E-state index is 11.3. The molecule has 0 atom stereocenters. The second-order valence-electron chi connectivity index (χ2n) is 3.16. The largest absolute Gasteiger partial charge is 0.465 e. The lowest BCUT2D eigenvalue weighted by Crippen LogP contribution is -1.96. The van der Waals surface area contributed by atoms with Gasteiger partial charge in [-0.1, -0.05) is 17.4 Å². The van der Waals surface area contributed by atoms with Crippen LogP contribution in [-0.2, 0) is 4.74 Å². The molecule has 88 valence electrons. The Bertz CT molecular complexity index is 542. The Morgan fingerprint density at radius 3 is 3.06 bits per heavy atom. The fraction of sp³-hybridized carbons (Fsp3) is 0.0909. The Hall–Kier alpha value is -1.15. The van der Waals surface area contributed by atoms with E-state index in [0.717, 1.165) is 9.26 Å². The highest BCUT2D eigenvalue weighted by Gasteiger charge is 2.10. The topological polar surface area (TPSA) is 51.2 Å². The van der Waals surface area contributed by atoms with E-state index in [1.807, 2.05) is 24.3 Å². The van der Waals surface area contributed by atoms with Crippen LogP contribution in [0, 0.1) is 3.57 Å². The van der Waals surface area contributed by atoms with Gasteiger partial charge in [-0.2, -0.15) is 0 Å². The van der Waals surface area contributed by atoms with Gasteiger partial charge >= 0.3 is 5.97 Å². The summed E-state index contributed by atoms with van der Waals surface area (Å²) in [5, 5.41) is 3.81. The Balaban J connectivity index is 2.14. The van der Waals surface area contributed by atoms with Crippen molar-refractivity contribution in [2.24, 2.45) is 0 Å². The SMILES string of the molecule is COC(=O)c1cnc(Nc2cccc(I)c2)s1. The summed E-state index contributed by atoms with van der Waals surface area (Å²) in [6, 6.07) is 7.91. The minimum Gasteiger partial charge on any atom is -0.465 e. The molecule has 1 aromatic heterocycles. The molecule has 0 radical (unpaired) electrons. The van der Waals surface area contributed by atoms with Crippen molar-refractivity contribution < 1.29 is 9.53 Å². The van der Waals surface area contributed by atoms with E-state index in [4.69, 9.17) is 0 Å². The molecule has 6 heteroatoms. The number of halogens is 1. The van der Waals surface area contributed by atoms with E-state index in [2.05, 4.69) is 37.6 Å². The van der Waals surface area contributed by atoms with Gasteiger partial charge in [0.25, 0.3) is 0 Å². The van der Waals surface area contributed by atoms with Crippen molar-refractivity contribution in [2.45, 2.75) is 0 Å². The third-order valence-electron chi connectivity index (χ3n) is 1.97. The van der Waals surface area contributed by atoms with Gasteiger partial charge < -0.3 is 10.1 Å². The van der Waals surface area contributed by atoms with Crippen LogP contribution in [0.2, 0.25) is 0 Å². The van der Waals surface area contributed by atoms with Crippen LogP contribution in [0.25, 0.3) is 0 Å². The first kappa shape index (κ1) is 12.3. The molecule has 17 heavy (non-hydrogen) atoms. The number of thiazole rings is 1. The fourth-order valence-corrected chi connectivity index (χ4v) is 2.51. The Kier molecular flexibility index (Phi) is 3.95. The molecule has 0 aliphatic rings. The third-order valence-corrected chi connectivity index (χ3v) is 3.53. The molecule has 0 saturated carbocycles. The number of hydrogen-bond donors (Lipinski definition) is 1. The summed E-state index contributed by atoms with van der Waals surface area (Å²) in [6.45, 7) is 0. The van der Waals surface area contributed by atoms with E-state index < -0.39 is 0 Å². The summed E-state index contributed by atoms with van der Waals surface area (Å²) < 4.78 is 5.76. The van der Waals surface area contributed by atoms with Crippen molar-refractivity contribution in [3.63, 3.8) is 0 Å². The number of benzene rings is 1. The fourth-order valence-electron chi connectivity index (χ4n) is 1.22. The molecule has 0 saturated heterocycles. The predicted octanol–water partition coefficient (Wildman–Crippen LogP) is 3.28. The predicted molar refractivity (Wildman–Crippen MR) is 75.9 cm³/mol. The molecule has 1 heterocycles. The first-order valence-corrected chi connectivity index (χ1v) is 6.65. The molecular weight excluding hydrogens is 351 g/mol. The molecule has 1 N–H and O–H groups in total. The zero-order chi connectivity index (χ0) is 12.3. The van der Waals surface area contributed by atoms with Gasteiger partial charge in [0, 0.05) is 9.26 Å². The number of esters is 1. The van der Waals surface area contributed by atoms with Crippen molar-refractivity contribution >= 4 is 50.7 Å². The maximum absolute atomic E-state index is 11.3. The van der Waals surface area contributed by atoms with Crippen molar-refractivity contribution in [1.29, 1.82) is 0 Å². The quantitative estimate of drug-likeness (QED) is 0.674.